The lowest BCUT2D eigenvalue weighted by molar-refractivity contribution is -0.130. The van der Waals surface area contributed by atoms with Crippen molar-refractivity contribution in [2.24, 2.45) is 11.8 Å². The number of nitrogens with zero attached hydrogens (tertiary/aromatic N) is 4. The van der Waals surface area contributed by atoms with Gasteiger partial charge in [-0.15, -0.1) is 0 Å². The van der Waals surface area contributed by atoms with Gasteiger partial charge in [-0.05, 0) is 36.5 Å². The Morgan fingerprint density at radius 1 is 1.11 bits per heavy atom. The summed E-state index contributed by atoms with van der Waals surface area (Å²) >= 11 is 0. The van der Waals surface area contributed by atoms with Crippen molar-refractivity contribution < 1.29 is 15.0 Å². The summed E-state index contributed by atoms with van der Waals surface area (Å²) in [6.07, 6.45) is 1.64. The average molecular weight is 509 g/mol. The lowest BCUT2D eigenvalue weighted by Gasteiger charge is -2.22. The largest absolute Gasteiger partial charge is 0.389 e. The van der Waals surface area contributed by atoms with E-state index >= 15 is 0 Å². The van der Waals surface area contributed by atoms with Crippen molar-refractivity contribution in [2.45, 2.75) is 30.6 Å². The van der Waals surface area contributed by atoms with Crippen molar-refractivity contribution in [3.63, 3.8) is 0 Å². The van der Waals surface area contributed by atoms with Gasteiger partial charge >= 0.3 is 0 Å². The minimum Gasteiger partial charge on any atom is -0.389 e. The van der Waals surface area contributed by atoms with Crippen LogP contribution >= 0.6 is 0 Å². The van der Waals surface area contributed by atoms with E-state index in [9.17, 15) is 15.0 Å². The van der Waals surface area contributed by atoms with Crippen LogP contribution in [0, 0.1) is 23.7 Å². The number of aliphatic hydroxyl groups is 2. The number of aliphatic hydroxyl groups excluding tert-OH is 1. The van der Waals surface area contributed by atoms with Crippen LogP contribution in [-0.2, 0) is 11.2 Å². The van der Waals surface area contributed by atoms with Crippen LogP contribution in [0.25, 0.3) is 11.2 Å². The summed E-state index contributed by atoms with van der Waals surface area (Å²) in [5.41, 5.74) is 1.72. The number of aromatic nitrogens is 4. The van der Waals surface area contributed by atoms with Crippen molar-refractivity contribution in [3.05, 3.63) is 83.9 Å². The first-order valence-corrected chi connectivity index (χ1v) is 12.7. The van der Waals surface area contributed by atoms with Crippen LogP contribution < -0.4 is 10.6 Å². The number of amides is 1. The maximum Gasteiger partial charge on any atom is 0.225 e. The van der Waals surface area contributed by atoms with Crippen molar-refractivity contribution >= 4 is 22.9 Å². The van der Waals surface area contributed by atoms with Crippen molar-refractivity contribution in [3.8, 4) is 11.8 Å². The first-order valence-electron chi connectivity index (χ1n) is 12.7. The zero-order chi connectivity index (χ0) is 26.3. The summed E-state index contributed by atoms with van der Waals surface area (Å²) in [5, 5.41) is 28.1. The molecule has 2 heterocycles. The zero-order valence-corrected chi connectivity index (χ0v) is 20.9. The van der Waals surface area contributed by atoms with Gasteiger partial charge in [-0.25, -0.2) is 15.0 Å². The van der Waals surface area contributed by atoms with Crippen LogP contribution in [-0.4, -0.2) is 60.9 Å². The number of imidazole rings is 1. The predicted molar refractivity (Wildman–Crippen MR) is 142 cm³/mol. The molecule has 4 N–H and O–H groups in total. The molecule has 0 spiro atoms. The molecule has 38 heavy (non-hydrogen) atoms. The smallest absolute Gasteiger partial charge is 0.225 e. The van der Waals surface area contributed by atoms with E-state index in [-0.39, 0.29) is 11.8 Å². The molecule has 9 nitrogen and oxygen atoms in total. The molecule has 0 bridgehead atoms. The summed E-state index contributed by atoms with van der Waals surface area (Å²) in [7, 11) is 1.53. The minimum absolute atomic E-state index is 0.266. The highest BCUT2D eigenvalue weighted by Crippen LogP contribution is 2.66. The summed E-state index contributed by atoms with van der Waals surface area (Å²) in [4.78, 5) is 26.1. The quantitative estimate of drug-likeness (QED) is 0.293. The Balaban J connectivity index is 1.33. The highest BCUT2D eigenvalue weighted by atomic mass is 16.4. The molecule has 2 aliphatic rings. The number of nitrogens with one attached hydrogen (secondary N) is 2. The monoisotopic (exact) mass is 508 g/mol. The van der Waals surface area contributed by atoms with Crippen LogP contribution in [0.2, 0.25) is 0 Å². The summed E-state index contributed by atoms with van der Waals surface area (Å²) < 4.78 is 1.79. The molecule has 4 aromatic rings. The van der Waals surface area contributed by atoms with Crippen LogP contribution in [0.1, 0.15) is 29.4 Å². The molecule has 0 saturated heterocycles. The van der Waals surface area contributed by atoms with Gasteiger partial charge in [0.15, 0.2) is 17.0 Å². The summed E-state index contributed by atoms with van der Waals surface area (Å²) in [6, 6.07) is 19.3. The average Bonchev–Trinajstić information content (AvgIpc) is 3.19. The lowest BCUT2D eigenvalue weighted by atomic mass is 9.97. The second-order valence-corrected chi connectivity index (χ2v) is 9.84. The number of carbonyl (C=O) groups is 1. The molecule has 2 aliphatic carbocycles. The Morgan fingerprint density at radius 3 is 2.53 bits per heavy atom. The molecule has 0 aliphatic heterocycles. The van der Waals surface area contributed by atoms with Gasteiger partial charge in [-0.3, -0.25) is 4.79 Å². The third-order valence-corrected chi connectivity index (χ3v) is 7.65. The SMILES string of the molecule is CNC(=O)[C@H]1C[C@H]2[C@@H](n3cnc4c(NCCc5ccccc5)nc(C#Cc5ccccc5)nc43)[C@@]2(O)[C@@H]1O. The van der Waals surface area contributed by atoms with Crippen LogP contribution in [0.4, 0.5) is 5.82 Å². The molecule has 2 fully saturated rings. The third-order valence-electron chi connectivity index (χ3n) is 7.65. The van der Waals surface area contributed by atoms with Crippen molar-refractivity contribution in [1.29, 1.82) is 0 Å². The molecule has 192 valence electrons. The molecule has 5 atom stereocenters. The van der Waals surface area contributed by atoms with Gasteiger partial charge in [0.1, 0.15) is 5.60 Å². The second kappa shape index (κ2) is 9.56. The van der Waals surface area contributed by atoms with Gasteiger partial charge in [0, 0.05) is 25.1 Å². The number of fused-ring (bicyclic) bond motifs is 2. The van der Waals surface area contributed by atoms with E-state index in [1.807, 2.05) is 48.5 Å². The molecule has 2 saturated carbocycles. The Labute approximate surface area is 220 Å². The third kappa shape index (κ3) is 4.08. The first-order chi connectivity index (χ1) is 18.5. The van der Waals surface area contributed by atoms with Crippen LogP contribution in [0.3, 0.4) is 0 Å². The van der Waals surface area contributed by atoms with Gasteiger partial charge < -0.3 is 25.4 Å². The van der Waals surface area contributed by atoms with E-state index in [4.69, 9.17) is 4.98 Å². The summed E-state index contributed by atoms with van der Waals surface area (Å²) in [5.74, 6) is 5.86. The first kappa shape index (κ1) is 24.1. The number of hydrogen-bond donors (Lipinski definition) is 4. The Hall–Kier alpha value is -4.26. The van der Waals surface area contributed by atoms with Crippen LogP contribution in [0.15, 0.2) is 67.0 Å². The fourth-order valence-corrected chi connectivity index (χ4v) is 5.65. The molecule has 6 rings (SSSR count). The van der Waals surface area contributed by atoms with E-state index in [1.165, 1.54) is 12.6 Å². The molecule has 1 amide bonds. The molecule has 2 aromatic carbocycles. The maximum absolute atomic E-state index is 12.2. The van der Waals surface area contributed by atoms with Gasteiger partial charge in [-0.1, -0.05) is 54.5 Å². The topological polar surface area (TPSA) is 125 Å². The number of rotatable bonds is 6. The van der Waals surface area contributed by atoms with Gasteiger partial charge in [0.25, 0.3) is 0 Å². The normalized spacial score (nSPS) is 25.3. The van der Waals surface area contributed by atoms with Crippen LogP contribution in [0.5, 0.6) is 0 Å². The van der Waals surface area contributed by atoms with E-state index < -0.39 is 23.7 Å². The van der Waals surface area contributed by atoms with Crippen molar-refractivity contribution in [2.75, 3.05) is 18.9 Å². The fraction of sp³-hybridized carbons (Fsp3) is 0.310. The second-order valence-electron chi connectivity index (χ2n) is 9.84. The van der Waals surface area contributed by atoms with E-state index in [0.717, 1.165) is 12.0 Å². The van der Waals surface area contributed by atoms with Gasteiger partial charge in [0.05, 0.1) is 24.4 Å². The maximum atomic E-state index is 12.2. The number of anilines is 1. The zero-order valence-electron chi connectivity index (χ0n) is 20.9. The standard InChI is InChI=1S/C29H28N6O3/c1-30-28(37)20-16-21-24(29(21,38)25(20)36)35-17-32-23-26(31-15-14-19-10-6-3-7-11-19)33-22(34-27(23)35)13-12-18-8-4-2-5-9-18/h2-11,17,20-21,24-25,36,38H,14-16H2,1H3,(H,30,37)(H,31,33,34)/t20-,21-,24+,25+,29+/m0/s1. The highest BCUT2D eigenvalue weighted by Gasteiger charge is 2.76. The van der Waals surface area contributed by atoms with Crippen molar-refractivity contribution in [1.82, 2.24) is 24.8 Å². The Kier molecular flexibility index (Phi) is 6.06. The molecule has 0 unspecified atom stereocenters. The molecular formula is C29H28N6O3. The fourth-order valence-electron chi connectivity index (χ4n) is 5.65. The Bertz CT molecular complexity index is 1540. The van der Waals surface area contributed by atoms with E-state index in [0.29, 0.717) is 35.8 Å². The van der Waals surface area contributed by atoms with E-state index in [1.54, 1.807) is 10.9 Å². The van der Waals surface area contributed by atoms with E-state index in [2.05, 4.69) is 44.6 Å². The minimum atomic E-state index is -1.41. The van der Waals surface area contributed by atoms with Gasteiger partial charge in [-0.2, -0.15) is 0 Å². The summed E-state index contributed by atoms with van der Waals surface area (Å²) in [6.45, 7) is 0.636. The molecular weight excluding hydrogens is 480 g/mol. The molecule has 2 aromatic heterocycles. The lowest BCUT2D eigenvalue weighted by Crippen LogP contribution is -2.41. The van der Waals surface area contributed by atoms with Gasteiger partial charge in [0.2, 0.25) is 11.7 Å². The highest BCUT2D eigenvalue weighted by molar-refractivity contribution is 5.84. The molecule has 0 radical (unpaired) electrons. The molecule has 9 heteroatoms. The predicted octanol–water partition coefficient (Wildman–Crippen LogP) is 1.91. The number of hydrogen-bond acceptors (Lipinski definition) is 7. The number of carbonyl (C=O) groups excluding carboxylic acids is 1. The number of benzene rings is 2. The Morgan fingerprint density at radius 2 is 1.84 bits per heavy atom.